The summed E-state index contributed by atoms with van der Waals surface area (Å²) < 4.78 is 45.5. The number of benzene rings is 2. The van der Waals surface area contributed by atoms with Crippen LogP contribution in [0.5, 0.6) is 5.88 Å². The molecule has 0 aliphatic heterocycles. The molecule has 31 heavy (non-hydrogen) atoms. The van der Waals surface area contributed by atoms with Crippen molar-refractivity contribution in [3.05, 3.63) is 70.9 Å². The smallest absolute Gasteiger partial charge is 0.435 e. The lowest BCUT2D eigenvalue weighted by Crippen LogP contribution is -2.21. The number of ether oxygens (including phenoxy) is 1. The molecule has 0 saturated heterocycles. The fourth-order valence-electron chi connectivity index (χ4n) is 2.67. The van der Waals surface area contributed by atoms with Crippen LogP contribution < -0.4 is 10.1 Å². The van der Waals surface area contributed by atoms with Crippen molar-refractivity contribution >= 4 is 29.2 Å². The molecule has 1 aromatic heterocycles. The summed E-state index contributed by atoms with van der Waals surface area (Å²) >= 11 is 6.06. The Balaban J connectivity index is 1.76. The van der Waals surface area contributed by atoms with Gasteiger partial charge < -0.3 is 15.2 Å². The summed E-state index contributed by atoms with van der Waals surface area (Å²) in [6.45, 7) is -0.614. The van der Waals surface area contributed by atoms with Crippen molar-refractivity contribution < 1.29 is 32.6 Å². The Morgan fingerprint density at radius 1 is 1.13 bits per heavy atom. The molecule has 0 radical (unpaired) electrons. The van der Waals surface area contributed by atoms with Crippen LogP contribution in [-0.2, 0) is 22.2 Å². The number of aliphatic carboxylic acids is 1. The number of rotatable bonds is 7. The fourth-order valence-corrected chi connectivity index (χ4v) is 2.89. The highest BCUT2D eigenvalue weighted by atomic mass is 35.5. The van der Waals surface area contributed by atoms with E-state index in [0.29, 0.717) is 17.3 Å². The van der Waals surface area contributed by atoms with Gasteiger partial charge in [0, 0.05) is 11.8 Å². The summed E-state index contributed by atoms with van der Waals surface area (Å²) in [6.07, 6.45) is -4.95. The van der Waals surface area contributed by atoms with Crippen LogP contribution in [0.15, 0.2) is 54.6 Å². The molecule has 0 saturated carbocycles. The van der Waals surface area contributed by atoms with E-state index in [1.165, 1.54) is 18.2 Å². The summed E-state index contributed by atoms with van der Waals surface area (Å²) in [5.41, 5.74) is -0.263. The predicted molar refractivity (Wildman–Crippen MR) is 105 cm³/mol. The average molecular weight is 454 g/mol. The number of aromatic nitrogens is 2. The molecule has 0 aliphatic rings. The van der Waals surface area contributed by atoms with Crippen molar-refractivity contribution in [3.8, 4) is 11.6 Å². The number of amides is 1. The molecule has 1 heterocycles. The minimum Gasteiger partial charge on any atom is -0.481 e. The highest BCUT2D eigenvalue weighted by molar-refractivity contribution is 6.32. The van der Waals surface area contributed by atoms with E-state index < -0.39 is 30.4 Å². The monoisotopic (exact) mass is 453 g/mol. The number of hydrogen-bond acceptors (Lipinski definition) is 4. The minimum absolute atomic E-state index is 0.142. The van der Waals surface area contributed by atoms with Gasteiger partial charge in [0.2, 0.25) is 5.88 Å². The third-order valence-corrected chi connectivity index (χ3v) is 4.28. The maximum absolute atomic E-state index is 13.1. The van der Waals surface area contributed by atoms with E-state index in [1.54, 1.807) is 30.3 Å². The first-order valence-electron chi connectivity index (χ1n) is 8.79. The Morgan fingerprint density at radius 3 is 2.55 bits per heavy atom. The van der Waals surface area contributed by atoms with Gasteiger partial charge in [0.15, 0.2) is 12.3 Å². The molecule has 0 spiro atoms. The fraction of sp³-hybridized carbons (Fsp3) is 0.150. The topological polar surface area (TPSA) is 93.5 Å². The van der Waals surface area contributed by atoms with Crippen LogP contribution in [0, 0.1) is 0 Å². The van der Waals surface area contributed by atoms with E-state index in [4.69, 9.17) is 21.4 Å². The number of halogens is 4. The molecule has 7 nitrogen and oxygen atoms in total. The van der Waals surface area contributed by atoms with E-state index >= 15 is 0 Å². The lowest BCUT2D eigenvalue weighted by atomic mass is 10.1. The summed E-state index contributed by atoms with van der Waals surface area (Å²) in [5, 5.41) is 15.0. The van der Waals surface area contributed by atoms with Gasteiger partial charge in [-0.2, -0.15) is 23.0 Å². The van der Waals surface area contributed by atoms with Crippen LogP contribution in [0.4, 0.5) is 18.9 Å². The number of carbonyl (C=O) groups excluding carboxylic acids is 1. The zero-order chi connectivity index (χ0) is 22.6. The number of carboxylic acids is 1. The first-order chi connectivity index (χ1) is 14.6. The second-order valence-corrected chi connectivity index (χ2v) is 6.74. The van der Waals surface area contributed by atoms with Gasteiger partial charge in [0.25, 0.3) is 5.91 Å². The van der Waals surface area contributed by atoms with Gasteiger partial charge in [-0.05, 0) is 29.8 Å². The normalized spacial score (nSPS) is 11.2. The number of carbonyl (C=O) groups is 2. The molecule has 1 amide bonds. The summed E-state index contributed by atoms with van der Waals surface area (Å²) in [4.78, 5) is 23.0. The predicted octanol–water partition coefficient (Wildman–Crippen LogP) is 4.19. The summed E-state index contributed by atoms with van der Waals surface area (Å²) in [7, 11) is 0. The number of hydrogen-bond donors (Lipinski definition) is 2. The lowest BCUT2D eigenvalue weighted by molar-refractivity contribution is -0.141. The molecule has 162 valence electrons. The molecule has 2 aromatic carbocycles. The molecule has 0 fully saturated rings. The quantitative estimate of drug-likeness (QED) is 0.559. The molecule has 0 aliphatic carbocycles. The van der Waals surface area contributed by atoms with Gasteiger partial charge in [0.05, 0.1) is 17.1 Å². The van der Waals surface area contributed by atoms with Gasteiger partial charge in [-0.15, -0.1) is 0 Å². The molecule has 11 heteroatoms. The Morgan fingerprint density at radius 2 is 1.87 bits per heavy atom. The van der Waals surface area contributed by atoms with E-state index in [9.17, 15) is 22.8 Å². The maximum Gasteiger partial charge on any atom is 0.435 e. The largest absolute Gasteiger partial charge is 0.481 e. The average Bonchev–Trinajstić information content (AvgIpc) is 3.11. The number of anilines is 1. The molecular weight excluding hydrogens is 439 g/mol. The van der Waals surface area contributed by atoms with E-state index in [0.717, 1.165) is 4.68 Å². The molecule has 3 aromatic rings. The molecule has 0 bridgehead atoms. The van der Waals surface area contributed by atoms with Crippen molar-refractivity contribution in [3.63, 3.8) is 0 Å². The molecule has 0 unspecified atom stereocenters. The third kappa shape index (κ3) is 5.76. The summed E-state index contributed by atoms with van der Waals surface area (Å²) in [6, 6.07) is 12.9. The van der Waals surface area contributed by atoms with Crippen molar-refractivity contribution in [1.29, 1.82) is 0 Å². The molecule has 3 rings (SSSR count). The van der Waals surface area contributed by atoms with Crippen molar-refractivity contribution in [2.75, 3.05) is 11.9 Å². The molecule has 2 N–H and O–H groups in total. The highest BCUT2D eigenvalue weighted by Crippen LogP contribution is 2.33. The van der Waals surface area contributed by atoms with Gasteiger partial charge in [-0.25, -0.2) is 0 Å². The zero-order valence-electron chi connectivity index (χ0n) is 15.7. The Hall–Kier alpha value is -3.53. The second-order valence-electron chi connectivity index (χ2n) is 6.34. The highest BCUT2D eigenvalue weighted by Gasteiger charge is 2.36. The zero-order valence-corrected chi connectivity index (χ0v) is 16.4. The second kappa shape index (κ2) is 9.09. The van der Waals surface area contributed by atoms with Gasteiger partial charge in [-0.3, -0.25) is 9.59 Å². The Labute approximate surface area is 179 Å². The number of alkyl halides is 3. The standard InChI is InChI=1S/C20H15ClF3N3O4/c21-14-6-1-2-7-15(14)27-18(10-16(26-27)20(22,23)24)31-11-17(28)25-13-5-3-4-12(8-13)9-19(29)30/h1-8,10H,9,11H2,(H,25,28)(H,29,30). The number of carboxylic acid groups (broad SMARTS) is 1. The summed E-state index contributed by atoms with van der Waals surface area (Å²) in [5.74, 6) is -2.01. The van der Waals surface area contributed by atoms with Crippen LogP contribution in [-0.4, -0.2) is 33.4 Å². The van der Waals surface area contributed by atoms with Crippen LogP contribution in [0.25, 0.3) is 5.69 Å². The molecule has 0 atom stereocenters. The third-order valence-electron chi connectivity index (χ3n) is 3.96. The SMILES string of the molecule is O=C(O)Cc1cccc(NC(=O)COc2cc(C(F)(F)F)nn2-c2ccccc2Cl)c1. The van der Waals surface area contributed by atoms with Crippen molar-refractivity contribution in [2.24, 2.45) is 0 Å². The van der Waals surface area contributed by atoms with Crippen molar-refractivity contribution in [1.82, 2.24) is 9.78 Å². The first-order valence-corrected chi connectivity index (χ1v) is 9.17. The number of nitrogens with zero attached hydrogens (tertiary/aromatic N) is 2. The van der Waals surface area contributed by atoms with E-state index in [2.05, 4.69) is 10.4 Å². The Kier molecular flexibility index (Phi) is 6.50. The van der Waals surface area contributed by atoms with Crippen molar-refractivity contribution in [2.45, 2.75) is 12.6 Å². The lowest BCUT2D eigenvalue weighted by Gasteiger charge is -2.11. The van der Waals surface area contributed by atoms with E-state index in [1.807, 2.05) is 0 Å². The first kappa shape index (κ1) is 22.2. The maximum atomic E-state index is 13.1. The van der Waals surface area contributed by atoms with Crippen LogP contribution >= 0.6 is 11.6 Å². The number of para-hydroxylation sites is 1. The molecular formula is C20H15ClF3N3O4. The Bertz CT molecular complexity index is 1120. The van der Waals surface area contributed by atoms with Crippen LogP contribution in [0.3, 0.4) is 0 Å². The van der Waals surface area contributed by atoms with Crippen LogP contribution in [0.1, 0.15) is 11.3 Å². The van der Waals surface area contributed by atoms with E-state index in [-0.39, 0.29) is 23.0 Å². The van der Waals surface area contributed by atoms with Crippen LogP contribution in [0.2, 0.25) is 5.02 Å². The van der Waals surface area contributed by atoms with Gasteiger partial charge in [0.1, 0.15) is 0 Å². The minimum atomic E-state index is -4.72. The van der Waals surface area contributed by atoms with Gasteiger partial charge in [-0.1, -0.05) is 35.9 Å². The number of nitrogens with one attached hydrogen (secondary N) is 1. The van der Waals surface area contributed by atoms with Gasteiger partial charge >= 0.3 is 12.1 Å².